The number of amides is 1. The Hall–Kier alpha value is -2.67. The SMILES string of the molecule is O=C(NC1CCS(=O)(=O)c2ccccc21)c1ccc2nc[nH]c2c1. The maximum atomic E-state index is 12.6. The van der Waals surface area contributed by atoms with Crippen molar-refractivity contribution < 1.29 is 13.2 Å². The molecule has 1 unspecified atom stereocenters. The number of benzene rings is 2. The van der Waals surface area contributed by atoms with Gasteiger partial charge >= 0.3 is 0 Å². The lowest BCUT2D eigenvalue weighted by Gasteiger charge is -2.26. The number of rotatable bonds is 2. The Morgan fingerprint density at radius 1 is 1.21 bits per heavy atom. The number of aromatic nitrogens is 2. The molecule has 6 nitrogen and oxygen atoms in total. The van der Waals surface area contributed by atoms with E-state index in [1.54, 1.807) is 48.8 Å². The molecule has 0 fully saturated rings. The van der Waals surface area contributed by atoms with E-state index >= 15 is 0 Å². The molecule has 24 heavy (non-hydrogen) atoms. The van der Waals surface area contributed by atoms with Gasteiger partial charge in [0.15, 0.2) is 9.84 Å². The van der Waals surface area contributed by atoms with Crippen molar-refractivity contribution in [3.05, 3.63) is 59.9 Å². The van der Waals surface area contributed by atoms with Crippen LogP contribution in [0.25, 0.3) is 11.0 Å². The quantitative estimate of drug-likeness (QED) is 0.747. The fourth-order valence-electron chi connectivity index (χ4n) is 3.06. The van der Waals surface area contributed by atoms with Gasteiger partial charge in [-0.25, -0.2) is 13.4 Å². The fraction of sp³-hybridized carbons (Fsp3) is 0.176. The molecule has 0 saturated carbocycles. The monoisotopic (exact) mass is 341 g/mol. The molecule has 0 bridgehead atoms. The molecule has 1 aliphatic rings. The molecule has 2 aromatic carbocycles. The van der Waals surface area contributed by atoms with Crippen LogP contribution >= 0.6 is 0 Å². The summed E-state index contributed by atoms with van der Waals surface area (Å²) in [5.41, 5.74) is 2.74. The summed E-state index contributed by atoms with van der Waals surface area (Å²) >= 11 is 0. The molecule has 1 aliphatic heterocycles. The van der Waals surface area contributed by atoms with Crippen LogP contribution in [0, 0.1) is 0 Å². The standard InChI is InChI=1S/C17H15N3O3S/c21-17(11-5-6-14-15(9-11)19-10-18-14)20-13-7-8-24(22,23)16-4-2-1-3-12(13)16/h1-6,9-10,13H,7-8H2,(H,18,19)(H,20,21). The van der Waals surface area contributed by atoms with Crippen molar-refractivity contribution in [2.45, 2.75) is 17.4 Å². The summed E-state index contributed by atoms with van der Waals surface area (Å²) < 4.78 is 24.3. The lowest BCUT2D eigenvalue weighted by atomic mass is 10.0. The van der Waals surface area contributed by atoms with E-state index < -0.39 is 9.84 Å². The molecule has 0 aliphatic carbocycles. The number of nitrogens with one attached hydrogen (secondary N) is 2. The zero-order valence-corrected chi connectivity index (χ0v) is 13.5. The number of aromatic amines is 1. The predicted octanol–water partition coefficient (Wildman–Crippen LogP) is 2.21. The summed E-state index contributed by atoms with van der Waals surface area (Å²) in [7, 11) is -3.26. The molecule has 7 heteroatoms. The molecular weight excluding hydrogens is 326 g/mol. The highest BCUT2D eigenvalue weighted by Crippen LogP contribution is 2.32. The van der Waals surface area contributed by atoms with Gasteiger partial charge in [0.05, 0.1) is 34.1 Å². The van der Waals surface area contributed by atoms with Crippen LogP contribution in [-0.4, -0.2) is 30.0 Å². The van der Waals surface area contributed by atoms with Gasteiger partial charge in [0.25, 0.3) is 5.91 Å². The Bertz CT molecular complexity index is 1040. The number of fused-ring (bicyclic) bond motifs is 2. The van der Waals surface area contributed by atoms with E-state index in [0.29, 0.717) is 22.4 Å². The van der Waals surface area contributed by atoms with Gasteiger partial charge in [-0.15, -0.1) is 0 Å². The van der Waals surface area contributed by atoms with E-state index in [4.69, 9.17) is 0 Å². The molecule has 1 atom stereocenters. The number of nitrogens with zero attached hydrogens (tertiary/aromatic N) is 1. The summed E-state index contributed by atoms with van der Waals surface area (Å²) in [6.07, 6.45) is 1.95. The first-order valence-corrected chi connectivity index (χ1v) is 9.25. The zero-order valence-electron chi connectivity index (χ0n) is 12.7. The highest BCUT2D eigenvalue weighted by atomic mass is 32.2. The van der Waals surface area contributed by atoms with Crippen LogP contribution in [0.1, 0.15) is 28.4 Å². The molecule has 122 valence electrons. The molecule has 2 N–H and O–H groups in total. The topological polar surface area (TPSA) is 91.9 Å². The van der Waals surface area contributed by atoms with Crippen molar-refractivity contribution in [3.63, 3.8) is 0 Å². The van der Waals surface area contributed by atoms with Gasteiger partial charge in [0.1, 0.15) is 0 Å². The molecule has 1 aromatic heterocycles. The number of sulfone groups is 1. The van der Waals surface area contributed by atoms with Crippen molar-refractivity contribution >= 4 is 26.8 Å². The zero-order chi connectivity index (χ0) is 16.7. The van der Waals surface area contributed by atoms with E-state index in [2.05, 4.69) is 15.3 Å². The van der Waals surface area contributed by atoms with E-state index in [1.807, 2.05) is 0 Å². The van der Waals surface area contributed by atoms with Gasteiger partial charge < -0.3 is 10.3 Å². The van der Waals surface area contributed by atoms with Gasteiger partial charge in [-0.3, -0.25) is 4.79 Å². The van der Waals surface area contributed by atoms with Gasteiger partial charge in [-0.2, -0.15) is 0 Å². The lowest BCUT2D eigenvalue weighted by Crippen LogP contribution is -2.33. The third-order valence-corrected chi connectivity index (χ3v) is 6.11. The highest BCUT2D eigenvalue weighted by Gasteiger charge is 2.30. The van der Waals surface area contributed by atoms with Crippen LogP contribution in [0.15, 0.2) is 53.7 Å². The Morgan fingerprint density at radius 3 is 2.92 bits per heavy atom. The van der Waals surface area contributed by atoms with Crippen molar-refractivity contribution in [1.82, 2.24) is 15.3 Å². The summed E-state index contributed by atoms with van der Waals surface area (Å²) in [5, 5.41) is 2.95. The minimum absolute atomic E-state index is 0.0363. The Kier molecular flexibility index (Phi) is 3.38. The molecule has 1 amide bonds. The first-order chi connectivity index (χ1) is 11.5. The van der Waals surface area contributed by atoms with Gasteiger partial charge in [-0.1, -0.05) is 18.2 Å². The van der Waals surface area contributed by atoms with E-state index in [0.717, 1.165) is 11.0 Å². The minimum Gasteiger partial charge on any atom is -0.345 e. The fourth-order valence-corrected chi connectivity index (χ4v) is 4.68. The summed E-state index contributed by atoms with van der Waals surface area (Å²) in [4.78, 5) is 20.0. The minimum atomic E-state index is -3.26. The lowest BCUT2D eigenvalue weighted by molar-refractivity contribution is 0.0934. The van der Waals surface area contributed by atoms with E-state index in [9.17, 15) is 13.2 Å². The van der Waals surface area contributed by atoms with Gasteiger partial charge in [0, 0.05) is 5.56 Å². The normalized spacial score (nSPS) is 18.9. The van der Waals surface area contributed by atoms with Crippen LogP contribution in [0.2, 0.25) is 0 Å². The number of carbonyl (C=O) groups is 1. The third kappa shape index (κ3) is 2.46. The number of imidazole rings is 1. The maximum absolute atomic E-state index is 12.6. The Morgan fingerprint density at radius 2 is 2.04 bits per heavy atom. The number of hydrogen-bond acceptors (Lipinski definition) is 4. The second kappa shape index (κ2) is 5.45. The van der Waals surface area contributed by atoms with Crippen LogP contribution in [0.3, 0.4) is 0 Å². The third-order valence-electron chi connectivity index (χ3n) is 4.29. The van der Waals surface area contributed by atoms with Crippen LogP contribution < -0.4 is 5.32 Å². The average molecular weight is 341 g/mol. The smallest absolute Gasteiger partial charge is 0.251 e. The predicted molar refractivity (Wildman–Crippen MR) is 89.4 cm³/mol. The molecule has 0 spiro atoms. The summed E-state index contributed by atoms with van der Waals surface area (Å²) in [5.74, 6) is -0.195. The summed E-state index contributed by atoms with van der Waals surface area (Å²) in [6.45, 7) is 0. The molecule has 4 rings (SSSR count). The van der Waals surface area contributed by atoms with Gasteiger partial charge in [0.2, 0.25) is 0 Å². The van der Waals surface area contributed by atoms with Crippen LogP contribution in [0.5, 0.6) is 0 Å². The molecular formula is C17H15N3O3S. The Balaban J connectivity index is 1.64. The second-order valence-corrected chi connectivity index (χ2v) is 7.88. The van der Waals surface area contributed by atoms with Crippen molar-refractivity contribution in [2.75, 3.05) is 5.75 Å². The largest absolute Gasteiger partial charge is 0.345 e. The Labute approximate surface area is 138 Å². The van der Waals surface area contributed by atoms with Crippen LogP contribution in [0.4, 0.5) is 0 Å². The van der Waals surface area contributed by atoms with Gasteiger partial charge in [-0.05, 0) is 36.2 Å². The molecule has 2 heterocycles. The number of hydrogen-bond donors (Lipinski definition) is 2. The van der Waals surface area contributed by atoms with E-state index in [-0.39, 0.29) is 17.7 Å². The average Bonchev–Trinajstić information content (AvgIpc) is 3.05. The number of H-pyrrole nitrogens is 1. The second-order valence-electron chi connectivity index (χ2n) is 5.81. The molecule has 0 saturated heterocycles. The summed E-state index contributed by atoms with van der Waals surface area (Å²) in [6, 6.07) is 11.8. The maximum Gasteiger partial charge on any atom is 0.251 e. The molecule has 0 radical (unpaired) electrons. The molecule has 3 aromatic rings. The highest BCUT2D eigenvalue weighted by molar-refractivity contribution is 7.91. The van der Waals surface area contributed by atoms with Crippen molar-refractivity contribution in [3.8, 4) is 0 Å². The van der Waals surface area contributed by atoms with E-state index in [1.165, 1.54) is 0 Å². The van der Waals surface area contributed by atoms with Crippen molar-refractivity contribution in [1.29, 1.82) is 0 Å². The first kappa shape index (κ1) is 14.9. The first-order valence-electron chi connectivity index (χ1n) is 7.60. The van der Waals surface area contributed by atoms with Crippen LogP contribution in [-0.2, 0) is 9.84 Å². The van der Waals surface area contributed by atoms with Crippen molar-refractivity contribution in [2.24, 2.45) is 0 Å². The number of carbonyl (C=O) groups excluding carboxylic acids is 1.